The van der Waals surface area contributed by atoms with Crippen molar-refractivity contribution in [1.82, 2.24) is 4.90 Å². The summed E-state index contributed by atoms with van der Waals surface area (Å²) in [6.07, 6.45) is 0.754. The molecule has 4 heteroatoms. The maximum atomic E-state index is 10.9. The summed E-state index contributed by atoms with van der Waals surface area (Å²) in [6, 6.07) is 8.38. The summed E-state index contributed by atoms with van der Waals surface area (Å²) < 4.78 is 1.09. The van der Waals surface area contributed by atoms with Gasteiger partial charge >= 0.3 is 5.97 Å². The maximum Gasteiger partial charge on any atom is 0.307 e. The molecule has 0 bridgehead atoms. The Bertz CT molecular complexity index is 422. The Balaban J connectivity index is 2.09. The molecule has 0 amide bonds. The van der Waals surface area contributed by atoms with Gasteiger partial charge in [0.05, 0.1) is 5.92 Å². The average Bonchev–Trinajstić information content (AvgIpc) is 2.78. The molecule has 0 saturated carbocycles. The molecule has 2 unspecified atom stereocenters. The number of halogens is 1. The van der Waals surface area contributed by atoms with Crippen LogP contribution in [0.1, 0.15) is 24.9 Å². The summed E-state index contributed by atoms with van der Waals surface area (Å²) in [5, 5.41) is 9.00. The quantitative estimate of drug-likeness (QED) is 0.932. The molecule has 0 radical (unpaired) electrons. The second kappa shape index (κ2) is 5.19. The van der Waals surface area contributed by atoms with Crippen LogP contribution >= 0.6 is 15.9 Å². The van der Waals surface area contributed by atoms with E-state index in [2.05, 4.69) is 33.8 Å². The molecule has 17 heavy (non-hydrogen) atoms. The molecule has 92 valence electrons. The third-order valence-electron chi connectivity index (χ3n) is 3.47. The van der Waals surface area contributed by atoms with Gasteiger partial charge in [0.2, 0.25) is 0 Å². The molecule has 0 aromatic heterocycles. The van der Waals surface area contributed by atoms with Crippen molar-refractivity contribution in [3.63, 3.8) is 0 Å². The lowest BCUT2D eigenvalue weighted by atomic mass is 10.1. The van der Waals surface area contributed by atoms with Gasteiger partial charge in [-0.1, -0.05) is 34.1 Å². The Hall–Kier alpha value is -0.870. The molecule has 1 aromatic carbocycles. The number of benzene rings is 1. The summed E-state index contributed by atoms with van der Waals surface area (Å²) >= 11 is 3.55. The molecule has 2 atom stereocenters. The Morgan fingerprint density at radius 2 is 2.24 bits per heavy atom. The first-order valence-corrected chi connectivity index (χ1v) is 6.60. The zero-order chi connectivity index (χ0) is 12.4. The molecule has 0 spiro atoms. The summed E-state index contributed by atoms with van der Waals surface area (Å²) in [6.45, 7) is 3.64. The van der Waals surface area contributed by atoms with Crippen molar-refractivity contribution < 1.29 is 9.90 Å². The van der Waals surface area contributed by atoms with E-state index in [-0.39, 0.29) is 12.0 Å². The van der Waals surface area contributed by atoms with Crippen LogP contribution in [0.2, 0.25) is 0 Å². The molecular formula is C13H16BrNO2. The van der Waals surface area contributed by atoms with Crippen molar-refractivity contribution in [2.45, 2.75) is 19.4 Å². The normalized spacial score (nSPS) is 22.6. The number of hydrogen-bond acceptors (Lipinski definition) is 2. The van der Waals surface area contributed by atoms with Crippen LogP contribution in [0.15, 0.2) is 28.7 Å². The molecular weight excluding hydrogens is 282 g/mol. The Labute approximate surface area is 110 Å². The van der Waals surface area contributed by atoms with Crippen molar-refractivity contribution in [3.05, 3.63) is 34.3 Å². The van der Waals surface area contributed by atoms with Crippen LogP contribution in [0, 0.1) is 5.92 Å². The van der Waals surface area contributed by atoms with Gasteiger partial charge in [-0.3, -0.25) is 9.69 Å². The lowest BCUT2D eigenvalue weighted by Crippen LogP contribution is -2.26. The highest BCUT2D eigenvalue weighted by Gasteiger charge is 2.31. The molecule has 1 aromatic rings. The van der Waals surface area contributed by atoms with Crippen LogP contribution in [-0.4, -0.2) is 29.1 Å². The number of aliphatic carboxylic acids is 1. The zero-order valence-corrected chi connectivity index (χ0v) is 11.4. The van der Waals surface area contributed by atoms with Crippen molar-refractivity contribution in [2.75, 3.05) is 13.1 Å². The van der Waals surface area contributed by atoms with E-state index in [1.807, 2.05) is 18.2 Å². The topological polar surface area (TPSA) is 40.5 Å². The smallest absolute Gasteiger partial charge is 0.307 e. The Kier molecular flexibility index (Phi) is 3.84. The minimum Gasteiger partial charge on any atom is -0.481 e. The monoisotopic (exact) mass is 297 g/mol. The number of carbonyl (C=O) groups is 1. The number of carboxylic acids is 1. The minimum atomic E-state index is -0.674. The second-order valence-electron chi connectivity index (χ2n) is 4.52. The van der Waals surface area contributed by atoms with Crippen LogP contribution in [0.5, 0.6) is 0 Å². The first kappa shape index (κ1) is 12.6. The van der Waals surface area contributed by atoms with E-state index in [9.17, 15) is 4.79 Å². The molecule has 1 aliphatic rings. The second-order valence-corrected chi connectivity index (χ2v) is 5.37. The van der Waals surface area contributed by atoms with Gasteiger partial charge in [0.25, 0.3) is 0 Å². The van der Waals surface area contributed by atoms with Crippen LogP contribution < -0.4 is 0 Å². The molecule has 3 nitrogen and oxygen atoms in total. The van der Waals surface area contributed by atoms with E-state index in [0.29, 0.717) is 6.54 Å². The summed E-state index contributed by atoms with van der Waals surface area (Å²) in [7, 11) is 0. The van der Waals surface area contributed by atoms with Crippen molar-refractivity contribution in [2.24, 2.45) is 5.92 Å². The largest absolute Gasteiger partial charge is 0.481 e. The SMILES string of the molecule is CC(c1ccccc1Br)N1CCC(C(=O)O)C1. The van der Waals surface area contributed by atoms with Gasteiger partial charge in [0, 0.05) is 17.1 Å². The van der Waals surface area contributed by atoms with E-state index >= 15 is 0 Å². The molecule has 0 aliphatic carbocycles. The molecule has 1 saturated heterocycles. The fourth-order valence-corrected chi connectivity index (χ4v) is 2.97. The summed E-state index contributed by atoms with van der Waals surface area (Å²) in [5.74, 6) is -0.883. The number of hydrogen-bond donors (Lipinski definition) is 1. The molecule has 1 heterocycles. The first-order valence-electron chi connectivity index (χ1n) is 5.81. The third kappa shape index (κ3) is 2.69. The van der Waals surface area contributed by atoms with Gasteiger partial charge in [-0.05, 0) is 31.5 Å². The third-order valence-corrected chi connectivity index (χ3v) is 4.19. The average molecular weight is 298 g/mol. The maximum absolute atomic E-state index is 10.9. The summed E-state index contributed by atoms with van der Waals surface area (Å²) in [4.78, 5) is 13.2. The Morgan fingerprint density at radius 3 is 2.82 bits per heavy atom. The standard InChI is InChI=1S/C13H16BrNO2/c1-9(11-4-2-3-5-12(11)14)15-7-6-10(8-15)13(16)17/h2-5,9-10H,6-8H2,1H3,(H,16,17). The van der Waals surface area contributed by atoms with Crippen LogP contribution in [0.4, 0.5) is 0 Å². The van der Waals surface area contributed by atoms with Crippen molar-refractivity contribution >= 4 is 21.9 Å². The van der Waals surface area contributed by atoms with Gasteiger partial charge in [-0.15, -0.1) is 0 Å². The highest BCUT2D eigenvalue weighted by Crippen LogP contribution is 2.31. The first-order chi connectivity index (χ1) is 8.09. The Morgan fingerprint density at radius 1 is 1.53 bits per heavy atom. The number of carboxylic acid groups (broad SMARTS) is 1. The van der Waals surface area contributed by atoms with Crippen molar-refractivity contribution in [1.29, 1.82) is 0 Å². The number of rotatable bonds is 3. The summed E-state index contributed by atoms with van der Waals surface area (Å²) in [5.41, 5.74) is 1.22. The zero-order valence-electron chi connectivity index (χ0n) is 9.77. The molecule has 2 rings (SSSR count). The molecule has 1 N–H and O–H groups in total. The lowest BCUT2D eigenvalue weighted by molar-refractivity contribution is -0.141. The highest BCUT2D eigenvalue weighted by atomic mass is 79.9. The molecule has 1 aliphatic heterocycles. The van der Waals surface area contributed by atoms with Crippen molar-refractivity contribution in [3.8, 4) is 0 Å². The van der Waals surface area contributed by atoms with Crippen LogP contribution in [0.25, 0.3) is 0 Å². The van der Waals surface area contributed by atoms with E-state index in [1.165, 1.54) is 5.56 Å². The predicted octanol–water partition coefficient (Wildman–Crippen LogP) is 2.92. The predicted molar refractivity (Wildman–Crippen MR) is 69.9 cm³/mol. The van der Waals surface area contributed by atoms with E-state index in [0.717, 1.165) is 17.4 Å². The number of likely N-dealkylation sites (tertiary alicyclic amines) is 1. The van der Waals surface area contributed by atoms with Gasteiger partial charge in [0.15, 0.2) is 0 Å². The van der Waals surface area contributed by atoms with Crippen LogP contribution in [-0.2, 0) is 4.79 Å². The van der Waals surface area contributed by atoms with E-state index in [4.69, 9.17) is 5.11 Å². The van der Waals surface area contributed by atoms with Gasteiger partial charge < -0.3 is 5.11 Å². The van der Waals surface area contributed by atoms with Gasteiger partial charge in [-0.25, -0.2) is 0 Å². The fraction of sp³-hybridized carbons (Fsp3) is 0.462. The lowest BCUT2D eigenvalue weighted by Gasteiger charge is -2.25. The number of nitrogens with zero attached hydrogens (tertiary/aromatic N) is 1. The fourth-order valence-electron chi connectivity index (χ4n) is 2.35. The van der Waals surface area contributed by atoms with Crippen LogP contribution in [0.3, 0.4) is 0 Å². The minimum absolute atomic E-state index is 0.208. The van der Waals surface area contributed by atoms with Gasteiger partial charge in [0.1, 0.15) is 0 Å². The highest BCUT2D eigenvalue weighted by molar-refractivity contribution is 9.10. The van der Waals surface area contributed by atoms with E-state index < -0.39 is 5.97 Å². The van der Waals surface area contributed by atoms with Gasteiger partial charge in [-0.2, -0.15) is 0 Å². The molecule has 1 fully saturated rings. The van der Waals surface area contributed by atoms with E-state index in [1.54, 1.807) is 0 Å².